The van der Waals surface area contributed by atoms with Crippen LogP contribution in [0.2, 0.25) is 0 Å². The van der Waals surface area contributed by atoms with Gasteiger partial charge in [0.15, 0.2) is 0 Å². The van der Waals surface area contributed by atoms with Gasteiger partial charge in [0.05, 0.1) is 11.8 Å². The zero-order valence-corrected chi connectivity index (χ0v) is 9.19. The van der Waals surface area contributed by atoms with Crippen LogP contribution < -0.4 is 0 Å². The molecule has 1 aliphatic rings. The Bertz CT molecular complexity index is 354. The molecule has 0 radical (unpaired) electrons. The molecular weight excluding hydrogens is 188 g/mol. The Balaban J connectivity index is 2.24. The lowest BCUT2D eigenvalue weighted by molar-refractivity contribution is 0.206. The van der Waals surface area contributed by atoms with Crippen molar-refractivity contribution >= 4 is 5.57 Å². The fraction of sp³-hybridized carbons (Fsp3) is 0.583. The highest BCUT2D eigenvalue weighted by atomic mass is 16.3. The van der Waals surface area contributed by atoms with Gasteiger partial charge in [-0.3, -0.25) is 4.68 Å². The lowest BCUT2D eigenvalue weighted by atomic mass is 9.95. The molecule has 2 rings (SSSR count). The molecule has 0 aliphatic heterocycles. The maximum Gasteiger partial charge on any atom is 0.0727 e. The molecular formula is C12H18N2O. The number of hydrogen-bond acceptors (Lipinski definition) is 2. The molecule has 3 nitrogen and oxygen atoms in total. The quantitative estimate of drug-likeness (QED) is 0.823. The zero-order chi connectivity index (χ0) is 10.7. The molecule has 1 atom stereocenters. The largest absolute Gasteiger partial charge is 0.389 e. The van der Waals surface area contributed by atoms with Crippen molar-refractivity contribution in [3.63, 3.8) is 0 Å². The van der Waals surface area contributed by atoms with Crippen LogP contribution in [0, 0.1) is 0 Å². The van der Waals surface area contributed by atoms with Crippen molar-refractivity contribution in [3.05, 3.63) is 24.0 Å². The molecule has 1 N–H and O–H groups in total. The van der Waals surface area contributed by atoms with E-state index in [1.165, 1.54) is 11.3 Å². The Hall–Kier alpha value is -1.09. The molecule has 15 heavy (non-hydrogen) atoms. The van der Waals surface area contributed by atoms with Gasteiger partial charge in [-0.2, -0.15) is 5.10 Å². The van der Waals surface area contributed by atoms with Crippen LogP contribution in [-0.4, -0.2) is 21.0 Å². The minimum Gasteiger partial charge on any atom is -0.389 e. The summed E-state index contributed by atoms with van der Waals surface area (Å²) in [6, 6.07) is 2.04. The van der Waals surface area contributed by atoms with Crippen molar-refractivity contribution in [1.29, 1.82) is 0 Å². The summed E-state index contributed by atoms with van der Waals surface area (Å²) in [5.41, 5.74) is 2.43. The summed E-state index contributed by atoms with van der Waals surface area (Å²) in [7, 11) is 0. The van der Waals surface area contributed by atoms with Crippen molar-refractivity contribution in [1.82, 2.24) is 9.78 Å². The van der Waals surface area contributed by atoms with E-state index in [4.69, 9.17) is 0 Å². The van der Waals surface area contributed by atoms with E-state index in [9.17, 15) is 5.11 Å². The number of aliphatic hydroxyl groups excluding tert-OH is 1. The fourth-order valence-corrected chi connectivity index (χ4v) is 2.11. The average molecular weight is 206 g/mol. The van der Waals surface area contributed by atoms with E-state index in [2.05, 4.69) is 12.0 Å². The van der Waals surface area contributed by atoms with Gasteiger partial charge in [0.2, 0.25) is 0 Å². The lowest BCUT2D eigenvalue weighted by Gasteiger charge is -2.17. The average Bonchev–Trinajstić information content (AvgIpc) is 2.66. The minimum absolute atomic E-state index is 0.265. The van der Waals surface area contributed by atoms with E-state index < -0.39 is 0 Å². The van der Waals surface area contributed by atoms with Crippen LogP contribution in [0.25, 0.3) is 5.57 Å². The van der Waals surface area contributed by atoms with E-state index in [-0.39, 0.29) is 6.10 Å². The van der Waals surface area contributed by atoms with Crippen LogP contribution in [0.3, 0.4) is 0 Å². The Labute approximate surface area is 90.4 Å². The monoisotopic (exact) mass is 206 g/mol. The molecule has 0 aromatic carbocycles. The third-order valence-electron chi connectivity index (χ3n) is 2.82. The van der Waals surface area contributed by atoms with Crippen molar-refractivity contribution in [2.24, 2.45) is 0 Å². The molecule has 0 fully saturated rings. The summed E-state index contributed by atoms with van der Waals surface area (Å²) in [6.45, 7) is 3.10. The third kappa shape index (κ3) is 2.29. The van der Waals surface area contributed by atoms with Crippen LogP contribution in [0.5, 0.6) is 0 Å². The Kier molecular flexibility index (Phi) is 3.21. The molecule has 82 valence electrons. The fourth-order valence-electron chi connectivity index (χ4n) is 2.11. The molecule has 0 saturated carbocycles. The summed E-state index contributed by atoms with van der Waals surface area (Å²) < 4.78 is 2.03. The van der Waals surface area contributed by atoms with Gasteiger partial charge in [-0.05, 0) is 37.3 Å². The topological polar surface area (TPSA) is 38.0 Å². The van der Waals surface area contributed by atoms with Crippen LogP contribution in [0.1, 0.15) is 38.3 Å². The van der Waals surface area contributed by atoms with E-state index in [1.807, 2.05) is 23.0 Å². The number of aromatic nitrogens is 2. The SMILES string of the molecule is CCCn1nccc1C1=CC(O)CCC1. The van der Waals surface area contributed by atoms with Gasteiger partial charge < -0.3 is 5.11 Å². The first kappa shape index (κ1) is 10.4. The first-order chi connectivity index (χ1) is 7.31. The summed E-state index contributed by atoms with van der Waals surface area (Å²) in [6.07, 6.45) is 7.67. The van der Waals surface area contributed by atoms with Crippen LogP contribution in [0.15, 0.2) is 18.3 Å². The molecule has 0 spiro atoms. The second-order valence-corrected chi connectivity index (χ2v) is 4.09. The highest BCUT2D eigenvalue weighted by Crippen LogP contribution is 2.26. The second kappa shape index (κ2) is 4.62. The van der Waals surface area contributed by atoms with Crippen LogP contribution >= 0.6 is 0 Å². The van der Waals surface area contributed by atoms with Gasteiger partial charge in [0.1, 0.15) is 0 Å². The number of rotatable bonds is 3. The predicted octanol–water partition coefficient (Wildman–Crippen LogP) is 2.22. The number of hydrogen-bond donors (Lipinski definition) is 1. The number of aliphatic hydroxyl groups is 1. The molecule has 1 unspecified atom stereocenters. The van der Waals surface area contributed by atoms with Gasteiger partial charge in [-0.1, -0.05) is 13.0 Å². The first-order valence-electron chi connectivity index (χ1n) is 5.72. The summed E-state index contributed by atoms with van der Waals surface area (Å²) in [4.78, 5) is 0. The normalized spacial score (nSPS) is 21.5. The van der Waals surface area contributed by atoms with Crippen LogP contribution in [0.4, 0.5) is 0 Å². The molecule has 0 amide bonds. The Morgan fingerprint density at radius 1 is 1.60 bits per heavy atom. The molecule has 3 heteroatoms. The van der Waals surface area contributed by atoms with Crippen LogP contribution in [-0.2, 0) is 6.54 Å². The summed E-state index contributed by atoms with van der Waals surface area (Å²) >= 11 is 0. The number of aryl methyl sites for hydroxylation is 1. The van der Waals surface area contributed by atoms with E-state index in [0.29, 0.717) is 0 Å². The third-order valence-corrected chi connectivity index (χ3v) is 2.82. The molecule has 1 aliphatic carbocycles. The zero-order valence-electron chi connectivity index (χ0n) is 9.19. The van der Waals surface area contributed by atoms with Crippen molar-refractivity contribution in [2.45, 2.75) is 45.3 Å². The van der Waals surface area contributed by atoms with Gasteiger partial charge in [-0.15, -0.1) is 0 Å². The maximum absolute atomic E-state index is 9.59. The highest BCUT2D eigenvalue weighted by molar-refractivity contribution is 5.64. The highest BCUT2D eigenvalue weighted by Gasteiger charge is 2.14. The van der Waals surface area contributed by atoms with Gasteiger partial charge >= 0.3 is 0 Å². The maximum atomic E-state index is 9.59. The van der Waals surface area contributed by atoms with E-state index in [0.717, 1.165) is 32.2 Å². The predicted molar refractivity (Wildman–Crippen MR) is 60.4 cm³/mol. The Morgan fingerprint density at radius 2 is 2.47 bits per heavy atom. The Morgan fingerprint density at radius 3 is 3.20 bits per heavy atom. The first-order valence-corrected chi connectivity index (χ1v) is 5.72. The summed E-state index contributed by atoms with van der Waals surface area (Å²) in [5, 5.41) is 13.9. The molecule has 0 saturated heterocycles. The second-order valence-electron chi connectivity index (χ2n) is 4.09. The standard InChI is InChI=1S/C12H18N2O/c1-2-8-14-12(6-7-13-14)10-4-3-5-11(15)9-10/h6-7,9,11,15H,2-5,8H2,1H3. The number of nitrogens with zero attached hydrogens (tertiary/aromatic N) is 2. The van der Waals surface area contributed by atoms with Gasteiger partial charge in [0.25, 0.3) is 0 Å². The van der Waals surface area contributed by atoms with Gasteiger partial charge in [-0.25, -0.2) is 0 Å². The van der Waals surface area contributed by atoms with E-state index >= 15 is 0 Å². The van der Waals surface area contributed by atoms with Crippen molar-refractivity contribution in [2.75, 3.05) is 0 Å². The molecule has 1 aromatic heterocycles. The lowest BCUT2D eigenvalue weighted by Crippen LogP contribution is -2.11. The molecule has 1 aromatic rings. The van der Waals surface area contributed by atoms with Gasteiger partial charge in [0, 0.05) is 12.7 Å². The smallest absolute Gasteiger partial charge is 0.0727 e. The molecule has 0 bridgehead atoms. The van der Waals surface area contributed by atoms with Crippen molar-refractivity contribution < 1.29 is 5.11 Å². The van der Waals surface area contributed by atoms with Crippen molar-refractivity contribution in [3.8, 4) is 0 Å². The minimum atomic E-state index is -0.265. The van der Waals surface area contributed by atoms with E-state index in [1.54, 1.807) is 0 Å². The molecule has 1 heterocycles. The summed E-state index contributed by atoms with van der Waals surface area (Å²) in [5.74, 6) is 0. The number of allylic oxidation sites excluding steroid dienone is 1.